The summed E-state index contributed by atoms with van der Waals surface area (Å²) in [5, 5.41) is 12.2. The molecule has 1 saturated heterocycles. The molecular weight excluding hydrogens is 236 g/mol. The van der Waals surface area contributed by atoms with E-state index in [1.807, 2.05) is 20.8 Å². The van der Waals surface area contributed by atoms with Crippen molar-refractivity contribution in [3.05, 3.63) is 0 Å². The molecule has 0 spiro atoms. The Hall–Kier alpha value is -0.600. The predicted molar refractivity (Wildman–Crippen MR) is 68.3 cm³/mol. The lowest BCUT2D eigenvalue weighted by atomic mass is 9.89. The number of nitrogens with one attached hydrogen (secondary N) is 1. The van der Waals surface area contributed by atoms with E-state index < -0.39 is 9.84 Å². The van der Waals surface area contributed by atoms with Gasteiger partial charge in [-0.1, -0.05) is 0 Å². The first-order valence-electron chi connectivity index (χ1n) is 6.05. The minimum atomic E-state index is -2.84. The van der Waals surface area contributed by atoms with E-state index in [1.165, 1.54) is 0 Å². The monoisotopic (exact) mass is 258 g/mol. The summed E-state index contributed by atoms with van der Waals surface area (Å²) in [4.78, 5) is 0. The lowest BCUT2D eigenvalue weighted by molar-refractivity contribution is 0.365. The highest BCUT2D eigenvalue weighted by atomic mass is 32.2. The Bertz CT molecular complexity index is 409. The molecule has 0 aromatic heterocycles. The summed E-state index contributed by atoms with van der Waals surface area (Å²) in [5.41, 5.74) is -0.556. The second-order valence-electron chi connectivity index (χ2n) is 5.93. The van der Waals surface area contributed by atoms with Gasteiger partial charge >= 0.3 is 0 Å². The highest BCUT2D eigenvalue weighted by molar-refractivity contribution is 7.91. The summed E-state index contributed by atoms with van der Waals surface area (Å²) in [6, 6.07) is 2.27. The maximum absolute atomic E-state index is 11.4. The van der Waals surface area contributed by atoms with E-state index in [0.717, 1.165) is 19.4 Å². The van der Waals surface area contributed by atoms with Crippen LogP contribution in [-0.4, -0.2) is 32.0 Å². The Labute approximate surface area is 104 Å². The Balaban J connectivity index is 2.31. The van der Waals surface area contributed by atoms with Gasteiger partial charge in [-0.3, -0.25) is 0 Å². The smallest absolute Gasteiger partial charge is 0.152 e. The normalized spacial score (nSPS) is 27.9. The number of sulfone groups is 1. The van der Waals surface area contributed by atoms with E-state index >= 15 is 0 Å². The van der Waals surface area contributed by atoms with Gasteiger partial charge in [0.25, 0.3) is 0 Å². The molecule has 5 heteroatoms. The van der Waals surface area contributed by atoms with E-state index in [9.17, 15) is 8.42 Å². The molecule has 0 aromatic carbocycles. The standard InChI is InChI=1S/C12H22N2O2S/c1-11(2,9-13)5-4-7-14-12(3)6-8-17(15,16)10-12/h14H,4-8,10H2,1-3H3. The van der Waals surface area contributed by atoms with Crippen molar-refractivity contribution in [1.82, 2.24) is 5.32 Å². The molecule has 0 aliphatic carbocycles. The Morgan fingerprint density at radius 2 is 2.12 bits per heavy atom. The zero-order valence-corrected chi connectivity index (χ0v) is 11.7. The summed E-state index contributed by atoms with van der Waals surface area (Å²) >= 11 is 0. The van der Waals surface area contributed by atoms with E-state index in [1.54, 1.807) is 0 Å². The molecule has 1 unspecified atom stereocenters. The van der Waals surface area contributed by atoms with Crippen LogP contribution < -0.4 is 5.32 Å². The molecule has 1 aliphatic heterocycles. The summed E-state index contributed by atoms with van der Waals surface area (Å²) in [6.45, 7) is 6.59. The third-order valence-electron chi connectivity index (χ3n) is 3.34. The van der Waals surface area contributed by atoms with Gasteiger partial charge in [0, 0.05) is 5.54 Å². The number of nitriles is 1. The highest BCUT2D eigenvalue weighted by Crippen LogP contribution is 2.24. The van der Waals surface area contributed by atoms with Crippen molar-refractivity contribution < 1.29 is 8.42 Å². The number of hydrogen-bond acceptors (Lipinski definition) is 4. The van der Waals surface area contributed by atoms with Crippen molar-refractivity contribution in [2.24, 2.45) is 5.41 Å². The van der Waals surface area contributed by atoms with Crippen LogP contribution in [0.3, 0.4) is 0 Å². The average molecular weight is 258 g/mol. The molecule has 0 saturated carbocycles. The van der Waals surface area contributed by atoms with Crippen molar-refractivity contribution in [3.63, 3.8) is 0 Å². The van der Waals surface area contributed by atoms with Gasteiger partial charge in [-0.05, 0) is 46.6 Å². The van der Waals surface area contributed by atoms with E-state index in [2.05, 4.69) is 11.4 Å². The largest absolute Gasteiger partial charge is 0.310 e. The molecule has 0 bridgehead atoms. The summed E-state index contributed by atoms with van der Waals surface area (Å²) in [7, 11) is -2.84. The number of nitrogens with zero attached hydrogens (tertiary/aromatic N) is 1. The molecule has 1 aliphatic rings. The minimum absolute atomic E-state index is 0.238. The van der Waals surface area contributed by atoms with Crippen molar-refractivity contribution in [2.45, 2.75) is 45.6 Å². The fourth-order valence-corrected chi connectivity index (χ4v) is 4.25. The van der Waals surface area contributed by atoms with E-state index in [-0.39, 0.29) is 16.7 Å². The molecule has 17 heavy (non-hydrogen) atoms. The van der Waals surface area contributed by atoms with Crippen LogP contribution in [0.1, 0.15) is 40.0 Å². The van der Waals surface area contributed by atoms with Crippen LogP contribution in [0, 0.1) is 16.7 Å². The number of rotatable bonds is 5. The van der Waals surface area contributed by atoms with Crippen molar-refractivity contribution in [3.8, 4) is 6.07 Å². The second kappa shape index (κ2) is 4.95. The van der Waals surface area contributed by atoms with Gasteiger partial charge in [0.15, 0.2) is 9.84 Å². The van der Waals surface area contributed by atoms with Gasteiger partial charge in [0.05, 0.1) is 23.0 Å². The van der Waals surface area contributed by atoms with Gasteiger partial charge in [-0.15, -0.1) is 0 Å². The Morgan fingerprint density at radius 3 is 2.59 bits per heavy atom. The lowest BCUT2D eigenvalue weighted by Crippen LogP contribution is -2.44. The van der Waals surface area contributed by atoms with Crippen molar-refractivity contribution >= 4 is 9.84 Å². The first-order chi connectivity index (χ1) is 7.68. The van der Waals surface area contributed by atoms with Gasteiger partial charge in [0.2, 0.25) is 0 Å². The van der Waals surface area contributed by atoms with Crippen LogP contribution in [0.4, 0.5) is 0 Å². The van der Waals surface area contributed by atoms with Gasteiger partial charge in [-0.25, -0.2) is 8.42 Å². The maximum Gasteiger partial charge on any atom is 0.152 e. The van der Waals surface area contributed by atoms with Crippen LogP contribution in [-0.2, 0) is 9.84 Å². The first kappa shape index (κ1) is 14.5. The lowest BCUT2D eigenvalue weighted by Gasteiger charge is -2.24. The number of hydrogen-bond donors (Lipinski definition) is 1. The zero-order chi connectivity index (χ0) is 13.2. The molecule has 1 N–H and O–H groups in total. The predicted octanol–water partition coefficient (Wildman–Crippen LogP) is 1.48. The van der Waals surface area contributed by atoms with Gasteiger partial charge in [0.1, 0.15) is 0 Å². The zero-order valence-electron chi connectivity index (χ0n) is 10.9. The molecule has 1 atom stereocenters. The van der Waals surface area contributed by atoms with Crippen LogP contribution in [0.2, 0.25) is 0 Å². The fourth-order valence-electron chi connectivity index (χ4n) is 2.13. The quantitative estimate of drug-likeness (QED) is 0.758. The Kier molecular flexibility index (Phi) is 4.21. The van der Waals surface area contributed by atoms with E-state index in [0.29, 0.717) is 12.2 Å². The molecule has 0 aromatic rings. The van der Waals surface area contributed by atoms with Crippen LogP contribution in [0.15, 0.2) is 0 Å². The summed E-state index contributed by atoms with van der Waals surface area (Å²) in [5.74, 6) is 0.530. The molecule has 1 rings (SSSR count). The van der Waals surface area contributed by atoms with Crippen molar-refractivity contribution in [2.75, 3.05) is 18.1 Å². The second-order valence-corrected chi connectivity index (χ2v) is 8.11. The maximum atomic E-state index is 11.4. The molecule has 1 fully saturated rings. The minimum Gasteiger partial charge on any atom is -0.310 e. The van der Waals surface area contributed by atoms with Gasteiger partial charge < -0.3 is 5.32 Å². The fraction of sp³-hybridized carbons (Fsp3) is 0.917. The Morgan fingerprint density at radius 1 is 1.47 bits per heavy atom. The summed E-state index contributed by atoms with van der Waals surface area (Å²) in [6.07, 6.45) is 2.42. The first-order valence-corrected chi connectivity index (χ1v) is 7.87. The van der Waals surface area contributed by atoms with Crippen LogP contribution >= 0.6 is 0 Å². The highest BCUT2D eigenvalue weighted by Gasteiger charge is 2.37. The molecule has 0 amide bonds. The topological polar surface area (TPSA) is 70.0 Å². The molecule has 0 radical (unpaired) electrons. The average Bonchev–Trinajstić information content (AvgIpc) is 2.49. The third kappa shape index (κ3) is 4.64. The third-order valence-corrected chi connectivity index (χ3v) is 5.24. The molecule has 4 nitrogen and oxygen atoms in total. The van der Waals surface area contributed by atoms with E-state index in [4.69, 9.17) is 5.26 Å². The van der Waals surface area contributed by atoms with Crippen molar-refractivity contribution in [1.29, 1.82) is 5.26 Å². The van der Waals surface area contributed by atoms with Gasteiger partial charge in [-0.2, -0.15) is 5.26 Å². The van der Waals surface area contributed by atoms with Crippen LogP contribution in [0.5, 0.6) is 0 Å². The molecule has 98 valence electrons. The SMILES string of the molecule is CC(C)(C#N)CCCNC1(C)CCS(=O)(=O)C1. The van der Waals surface area contributed by atoms with Crippen LogP contribution in [0.25, 0.3) is 0 Å². The molecular formula is C12H22N2O2S. The summed E-state index contributed by atoms with van der Waals surface area (Å²) < 4.78 is 22.8. The molecule has 1 heterocycles.